The van der Waals surface area contributed by atoms with Crippen molar-refractivity contribution in [3.63, 3.8) is 0 Å². The maximum atomic E-state index is 12.4. The van der Waals surface area contributed by atoms with Gasteiger partial charge in [-0.1, -0.05) is 18.6 Å². The molecule has 0 unspecified atom stereocenters. The van der Waals surface area contributed by atoms with Crippen LogP contribution in [0.5, 0.6) is 5.75 Å². The molecule has 3 atom stereocenters. The molecule has 0 aromatic heterocycles. The number of hydrogen-bond acceptors (Lipinski definition) is 7. The van der Waals surface area contributed by atoms with E-state index in [-0.39, 0.29) is 17.9 Å². The molecule has 7 N–H and O–H groups in total. The van der Waals surface area contributed by atoms with Crippen LogP contribution in [-0.2, 0) is 20.8 Å². The van der Waals surface area contributed by atoms with E-state index in [1.54, 1.807) is 18.4 Å². The average Bonchev–Trinajstić information content (AvgIpc) is 2.66. The quantitative estimate of drug-likeness (QED) is 0.206. The van der Waals surface area contributed by atoms with Crippen LogP contribution < -0.4 is 22.1 Å². The molecular formula is C18H27N4O4S. The van der Waals surface area contributed by atoms with Crippen LogP contribution in [0.4, 0.5) is 0 Å². The first kappa shape index (κ1) is 22.9. The van der Waals surface area contributed by atoms with Crippen molar-refractivity contribution in [1.29, 1.82) is 0 Å². The predicted molar refractivity (Wildman–Crippen MR) is 106 cm³/mol. The van der Waals surface area contributed by atoms with Crippen LogP contribution in [0, 0.1) is 0 Å². The third kappa shape index (κ3) is 8.42. The Hall–Kier alpha value is -2.10. The van der Waals surface area contributed by atoms with Crippen LogP contribution in [-0.4, -0.2) is 53.6 Å². The largest absolute Gasteiger partial charge is 0.508 e. The number of nitrogens with two attached hydrogens (primary N) is 2. The molecule has 8 nitrogen and oxygen atoms in total. The van der Waals surface area contributed by atoms with Crippen molar-refractivity contribution in [3.8, 4) is 5.75 Å². The SMILES string of the molecule is NCCCC[C@H](N)C(=O)N[C@@H](CS)C(=O)N[C@H]([C]=O)Cc1ccc(O)cc1. The van der Waals surface area contributed by atoms with Crippen molar-refractivity contribution >= 4 is 30.7 Å². The van der Waals surface area contributed by atoms with Crippen molar-refractivity contribution < 1.29 is 19.5 Å². The van der Waals surface area contributed by atoms with Crippen molar-refractivity contribution in [3.05, 3.63) is 29.8 Å². The molecule has 0 heterocycles. The molecule has 1 aromatic carbocycles. The molecule has 0 aliphatic rings. The van der Waals surface area contributed by atoms with Crippen molar-refractivity contribution in [2.45, 2.75) is 43.8 Å². The minimum atomic E-state index is -0.919. The Bertz CT molecular complexity index is 612. The molecule has 0 spiro atoms. The lowest BCUT2D eigenvalue weighted by Gasteiger charge is -2.21. The summed E-state index contributed by atoms with van der Waals surface area (Å²) in [5.41, 5.74) is 12.0. The second-order valence-corrected chi connectivity index (χ2v) is 6.55. The van der Waals surface area contributed by atoms with Gasteiger partial charge in [0.05, 0.1) is 12.1 Å². The Balaban J connectivity index is 2.58. The van der Waals surface area contributed by atoms with Crippen LogP contribution in [0.15, 0.2) is 24.3 Å². The van der Waals surface area contributed by atoms with Gasteiger partial charge in [0, 0.05) is 12.2 Å². The van der Waals surface area contributed by atoms with Gasteiger partial charge in [-0.15, -0.1) is 0 Å². The lowest BCUT2D eigenvalue weighted by atomic mass is 10.1. The lowest BCUT2D eigenvalue weighted by Crippen LogP contribution is -2.54. The van der Waals surface area contributed by atoms with Crippen LogP contribution in [0.3, 0.4) is 0 Å². The van der Waals surface area contributed by atoms with E-state index in [0.717, 1.165) is 18.4 Å². The van der Waals surface area contributed by atoms with Crippen LogP contribution in [0.2, 0.25) is 0 Å². The maximum Gasteiger partial charge on any atom is 0.244 e. The van der Waals surface area contributed by atoms with Gasteiger partial charge in [0.15, 0.2) is 0 Å². The zero-order valence-corrected chi connectivity index (χ0v) is 16.0. The molecule has 1 radical (unpaired) electrons. The number of phenols is 1. The molecule has 0 bridgehead atoms. The minimum Gasteiger partial charge on any atom is -0.508 e. The van der Waals surface area contributed by atoms with Gasteiger partial charge in [-0.2, -0.15) is 12.6 Å². The number of unbranched alkanes of at least 4 members (excludes halogenated alkanes) is 1. The topological polar surface area (TPSA) is 148 Å². The Morgan fingerprint density at radius 1 is 1.15 bits per heavy atom. The number of carbonyl (C=O) groups excluding carboxylic acids is 3. The first-order valence-corrected chi connectivity index (χ1v) is 9.37. The second kappa shape index (κ2) is 12.3. The smallest absolute Gasteiger partial charge is 0.244 e. The summed E-state index contributed by atoms with van der Waals surface area (Å²) in [6.07, 6.45) is 3.93. The summed E-state index contributed by atoms with van der Waals surface area (Å²) in [7, 11) is 0. The summed E-state index contributed by atoms with van der Waals surface area (Å²) in [4.78, 5) is 35.6. The molecular weight excluding hydrogens is 368 g/mol. The molecule has 149 valence electrons. The summed E-state index contributed by atoms with van der Waals surface area (Å²) in [5.74, 6) is -0.834. The summed E-state index contributed by atoms with van der Waals surface area (Å²) >= 11 is 4.09. The Morgan fingerprint density at radius 3 is 2.37 bits per heavy atom. The number of carbonyl (C=O) groups is 2. The zero-order valence-electron chi connectivity index (χ0n) is 15.1. The molecule has 0 fully saturated rings. The third-order valence-electron chi connectivity index (χ3n) is 3.96. The molecule has 0 aliphatic carbocycles. The fraction of sp³-hybridized carbons (Fsp3) is 0.500. The van der Waals surface area contributed by atoms with Gasteiger partial charge in [-0.25, -0.2) is 0 Å². The van der Waals surface area contributed by atoms with E-state index in [0.29, 0.717) is 13.0 Å². The zero-order chi connectivity index (χ0) is 20.2. The molecule has 0 saturated carbocycles. The molecule has 9 heteroatoms. The third-order valence-corrected chi connectivity index (χ3v) is 4.32. The van der Waals surface area contributed by atoms with Gasteiger partial charge in [0.25, 0.3) is 0 Å². The van der Waals surface area contributed by atoms with E-state index in [9.17, 15) is 19.5 Å². The predicted octanol–water partition coefficient (Wildman–Crippen LogP) is -0.600. The number of hydrogen-bond donors (Lipinski definition) is 6. The number of thiol groups is 1. The fourth-order valence-electron chi connectivity index (χ4n) is 2.37. The van der Waals surface area contributed by atoms with Gasteiger partial charge < -0.3 is 27.2 Å². The summed E-state index contributed by atoms with van der Waals surface area (Å²) in [6, 6.07) is 3.71. The van der Waals surface area contributed by atoms with Crippen LogP contribution in [0.25, 0.3) is 0 Å². The highest BCUT2D eigenvalue weighted by Gasteiger charge is 2.24. The molecule has 27 heavy (non-hydrogen) atoms. The van der Waals surface area contributed by atoms with E-state index in [2.05, 4.69) is 23.3 Å². The van der Waals surface area contributed by atoms with Gasteiger partial charge >= 0.3 is 0 Å². The monoisotopic (exact) mass is 395 g/mol. The highest BCUT2D eigenvalue weighted by Crippen LogP contribution is 2.11. The normalized spacial score (nSPS) is 14.0. The fourth-order valence-corrected chi connectivity index (χ4v) is 2.63. The van der Waals surface area contributed by atoms with Gasteiger partial charge in [-0.05, 0) is 37.1 Å². The average molecular weight is 396 g/mol. The Morgan fingerprint density at radius 2 is 1.81 bits per heavy atom. The number of amides is 2. The second-order valence-electron chi connectivity index (χ2n) is 6.18. The molecule has 0 aliphatic heterocycles. The summed E-state index contributed by atoms with van der Waals surface area (Å²) < 4.78 is 0. The van der Waals surface area contributed by atoms with Crippen molar-refractivity contribution in [1.82, 2.24) is 10.6 Å². The van der Waals surface area contributed by atoms with E-state index in [1.807, 2.05) is 0 Å². The van der Waals surface area contributed by atoms with Gasteiger partial charge in [-0.3, -0.25) is 14.4 Å². The van der Waals surface area contributed by atoms with E-state index >= 15 is 0 Å². The van der Waals surface area contributed by atoms with Crippen molar-refractivity contribution in [2.24, 2.45) is 11.5 Å². The van der Waals surface area contributed by atoms with Crippen LogP contribution >= 0.6 is 12.6 Å². The lowest BCUT2D eigenvalue weighted by molar-refractivity contribution is -0.129. The summed E-state index contributed by atoms with van der Waals surface area (Å²) in [5, 5.41) is 14.4. The van der Waals surface area contributed by atoms with E-state index < -0.39 is 29.9 Å². The molecule has 1 aromatic rings. The van der Waals surface area contributed by atoms with E-state index in [1.165, 1.54) is 12.1 Å². The van der Waals surface area contributed by atoms with Crippen LogP contribution in [0.1, 0.15) is 24.8 Å². The number of rotatable bonds is 12. The molecule has 1 rings (SSSR count). The maximum absolute atomic E-state index is 12.4. The summed E-state index contributed by atoms with van der Waals surface area (Å²) in [6.45, 7) is 0.528. The highest BCUT2D eigenvalue weighted by atomic mass is 32.1. The Labute approximate surface area is 164 Å². The first-order valence-electron chi connectivity index (χ1n) is 8.74. The van der Waals surface area contributed by atoms with Gasteiger partial charge in [0.2, 0.25) is 18.1 Å². The number of aromatic hydroxyl groups is 1. The van der Waals surface area contributed by atoms with E-state index in [4.69, 9.17) is 11.5 Å². The van der Waals surface area contributed by atoms with Gasteiger partial charge in [0.1, 0.15) is 11.8 Å². The number of phenolic OH excluding ortho intramolecular Hbond substituents is 1. The standard InChI is InChI=1S/C18H27N4O4S/c19-8-2-1-3-15(20)17(25)22-16(11-27)18(26)21-13(10-23)9-12-4-6-14(24)7-5-12/h4-7,13,15-16,24,27H,1-3,8-9,11,19-20H2,(H,21,26)(H,22,25)/t13-,15-,16-/m0/s1. The molecule has 0 saturated heterocycles. The Kier molecular flexibility index (Phi) is 10.5. The minimum absolute atomic E-state index is 0.0535. The first-order chi connectivity index (χ1) is 12.9. The number of nitrogens with one attached hydrogen (secondary N) is 2. The van der Waals surface area contributed by atoms with Crippen molar-refractivity contribution in [2.75, 3.05) is 12.3 Å². The molecule has 2 amide bonds. The highest BCUT2D eigenvalue weighted by molar-refractivity contribution is 7.80. The number of benzene rings is 1.